The Bertz CT molecular complexity index is 1950. The standard InChI is InChI=1S/C40H43F3N6O5/c1-47(18-19-48-20-22-53-23-21-48)39(52)30-10-7-9-28(24-30)38(51)46-34-13-12-32(49-16-5-2-6-17-49)26-33(34)35-25-29(14-15-44-35)37(50)45-27-31-8-3-4-11-36(31)54-40(41,42)43/h3-4,7-15,24-26H,2,5-6,16-23,27H2,1H3,(H,45,50)(H,46,51). The van der Waals surface area contributed by atoms with E-state index in [4.69, 9.17) is 4.74 Å². The maximum atomic E-state index is 13.7. The average molecular weight is 745 g/mol. The van der Waals surface area contributed by atoms with Gasteiger partial charge in [0.25, 0.3) is 17.7 Å². The van der Waals surface area contributed by atoms with Crippen molar-refractivity contribution in [2.24, 2.45) is 0 Å². The molecule has 3 aromatic carbocycles. The number of piperidine rings is 1. The van der Waals surface area contributed by atoms with Gasteiger partial charge in [-0.05, 0) is 73.9 Å². The topological polar surface area (TPSA) is 116 Å². The molecule has 0 bridgehead atoms. The number of hydrogen-bond acceptors (Lipinski definition) is 8. The van der Waals surface area contributed by atoms with Crippen molar-refractivity contribution < 1.29 is 37.0 Å². The van der Waals surface area contributed by atoms with Gasteiger partial charge in [0.2, 0.25) is 0 Å². The molecule has 0 radical (unpaired) electrons. The lowest BCUT2D eigenvalue weighted by Crippen LogP contribution is -2.41. The third-order valence-electron chi connectivity index (χ3n) is 9.48. The number of pyridine rings is 1. The molecule has 2 fully saturated rings. The molecule has 0 unspecified atom stereocenters. The number of nitrogens with one attached hydrogen (secondary N) is 2. The Morgan fingerprint density at radius 2 is 1.59 bits per heavy atom. The minimum atomic E-state index is -4.88. The number of ether oxygens (including phenoxy) is 2. The van der Waals surface area contributed by atoms with Crippen LogP contribution in [0.4, 0.5) is 24.5 Å². The summed E-state index contributed by atoms with van der Waals surface area (Å²) in [6.45, 7) is 5.81. The zero-order valence-corrected chi connectivity index (χ0v) is 30.0. The molecule has 0 saturated carbocycles. The zero-order chi connectivity index (χ0) is 38.1. The first-order valence-corrected chi connectivity index (χ1v) is 18.0. The van der Waals surface area contributed by atoms with Crippen LogP contribution in [0.3, 0.4) is 0 Å². The number of anilines is 2. The summed E-state index contributed by atoms with van der Waals surface area (Å²) in [4.78, 5) is 51.1. The van der Waals surface area contributed by atoms with Crippen LogP contribution in [0.2, 0.25) is 0 Å². The fourth-order valence-corrected chi connectivity index (χ4v) is 6.50. The molecule has 284 valence electrons. The molecule has 11 nitrogen and oxygen atoms in total. The highest BCUT2D eigenvalue weighted by Crippen LogP contribution is 2.33. The molecular weight excluding hydrogens is 701 g/mol. The highest BCUT2D eigenvalue weighted by molar-refractivity contribution is 6.08. The number of morpholine rings is 1. The van der Waals surface area contributed by atoms with Gasteiger partial charge in [-0.25, -0.2) is 0 Å². The van der Waals surface area contributed by atoms with Gasteiger partial charge in [0.05, 0.1) is 24.6 Å². The number of nitrogens with zero attached hydrogens (tertiary/aromatic N) is 4. The van der Waals surface area contributed by atoms with Gasteiger partial charge in [-0.15, -0.1) is 13.2 Å². The number of carbonyl (C=O) groups is 3. The monoisotopic (exact) mass is 744 g/mol. The molecule has 6 rings (SSSR count). The van der Waals surface area contributed by atoms with E-state index >= 15 is 0 Å². The number of para-hydroxylation sites is 1. The number of alkyl halides is 3. The summed E-state index contributed by atoms with van der Waals surface area (Å²) in [5.41, 5.74) is 3.42. The lowest BCUT2D eigenvalue weighted by Gasteiger charge is -2.29. The first-order chi connectivity index (χ1) is 26.0. The lowest BCUT2D eigenvalue weighted by molar-refractivity contribution is -0.274. The highest BCUT2D eigenvalue weighted by Gasteiger charge is 2.32. The second-order valence-electron chi connectivity index (χ2n) is 13.3. The lowest BCUT2D eigenvalue weighted by atomic mass is 10.0. The van der Waals surface area contributed by atoms with Crippen LogP contribution in [-0.4, -0.2) is 98.4 Å². The van der Waals surface area contributed by atoms with E-state index < -0.39 is 23.9 Å². The van der Waals surface area contributed by atoms with Crippen molar-refractivity contribution >= 4 is 29.1 Å². The molecule has 0 aliphatic carbocycles. The molecule has 4 aromatic rings. The van der Waals surface area contributed by atoms with E-state index in [9.17, 15) is 27.6 Å². The second kappa shape index (κ2) is 17.6. The number of aromatic nitrogens is 1. The quantitative estimate of drug-likeness (QED) is 0.176. The number of hydrogen-bond donors (Lipinski definition) is 2. The first-order valence-electron chi connectivity index (χ1n) is 18.0. The molecule has 14 heteroatoms. The molecule has 1 aromatic heterocycles. The number of likely N-dealkylation sites (N-methyl/N-ethyl adjacent to an activating group) is 1. The zero-order valence-electron chi connectivity index (χ0n) is 30.0. The number of halogens is 3. The van der Waals surface area contributed by atoms with Crippen molar-refractivity contribution in [1.82, 2.24) is 20.1 Å². The number of carbonyl (C=O) groups excluding carboxylic acids is 3. The van der Waals surface area contributed by atoms with Crippen LogP contribution in [0.25, 0.3) is 11.3 Å². The van der Waals surface area contributed by atoms with Crippen molar-refractivity contribution in [2.75, 3.05) is 69.7 Å². The van der Waals surface area contributed by atoms with Crippen molar-refractivity contribution in [2.45, 2.75) is 32.2 Å². The minimum Gasteiger partial charge on any atom is -0.405 e. The Labute approximate surface area is 312 Å². The van der Waals surface area contributed by atoms with Crippen molar-refractivity contribution in [3.05, 3.63) is 107 Å². The van der Waals surface area contributed by atoms with Gasteiger partial charge in [0.1, 0.15) is 5.75 Å². The number of amides is 3. The molecular formula is C40H43F3N6O5. The fourth-order valence-electron chi connectivity index (χ4n) is 6.50. The van der Waals surface area contributed by atoms with E-state index in [0.717, 1.165) is 57.7 Å². The van der Waals surface area contributed by atoms with Gasteiger partial charge in [0.15, 0.2) is 0 Å². The van der Waals surface area contributed by atoms with Crippen molar-refractivity contribution in [1.29, 1.82) is 0 Å². The van der Waals surface area contributed by atoms with Crippen LogP contribution in [0.5, 0.6) is 5.75 Å². The van der Waals surface area contributed by atoms with E-state index in [2.05, 4.69) is 30.2 Å². The van der Waals surface area contributed by atoms with Gasteiger partial charge in [-0.3, -0.25) is 24.3 Å². The summed E-state index contributed by atoms with van der Waals surface area (Å²) in [5.74, 6) is -1.56. The minimum absolute atomic E-state index is 0.155. The Morgan fingerprint density at radius 3 is 2.37 bits per heavy atom. The van der Waals surface area contributed by atoms with E-state index in [1.165, 1.54) is 30.5 Å². The Morgan fingerprint density at radius 1 is 0.852 bits per heavy atom. The molecule has 54 heavy (non-hydrogen) atoms. The van der Waals surface area contributed by atoms with Gasteiger partial charge < -0.3 is 29.9 Å². The van der Waals surface area contributed by atoms with Crippen molar-refractivity contribution in [3.63, 3.8) is 0 Å². The van der Waals surface area contributed by atoms with Crippen LogP contribution in [0.15, 0.2) is 85.1 Å². The maximum Gasteiger partial charge on any atom is 0.573 e. The molecule has 2 aliphatic heterocycles. The van der Waals surface area contributed by atoms with Gasteiger partial charge in [0, 0.05) is 92.6 Å². The van der Waals surface area contributed by atoms with Crippen LogP contribution in [0.1, 0.15) is 55.9 Å². The fraction of sp³-hybridized carbons (Fsp3) is 0.350. The molecule has 3 heterocycles. The van der Waals surface area contributed by atoms with Gasteiger partial charge in [-0.2, -0.15) is 0 Å². The first kappa shape index (κ1) is 38.3. The Balaban J connectivity index is 1.21. The largest absolute Gasteiger partial charge is 0.573 e. The molecule has 0 spiro atoms. The summed E-state index contributed by atoms with van der Waals surface area (Å²) in [6.07, 6.45) is -0.161. The summed E-state index contributed by atoms with van der Waals surface area (Å²) >= 11 is 0. The maximum absolute atomic E-state index is 13.7. The van der Waals surface area contributed by atoms with Crippen molar-refractivity contribution in [3.8, 4) is 17.0 Å². The van der Waals surface area contributed by atoms with Crippen LogP contribution in [-0.2, 0) is 11.3 Å². The molecule has 2 N–H and O–H groups in total. The van der Waals surface area contributed by atoms with Crippen LogP contribution >= 0.6 is 0 Å². The van der Waals surface area contributed by atoms with Gasteiger partial charge >= 0.3 is 6.36 Å². The number of rotatable bonds is 12. The van der Waals surface area contributed by atoms with E-state index in [-0.39, 0.29) is 23.6 Å². The third kappa shape index (κ3) is 10.1. The summed E-state index contributed by atoms with van der Waals surface area (Å²) in [5, 5.41) is 5.66. The smallest absolute Gasteiger partial charge is 0.405 e. The normalized spacial score (nSPS) is 15.0. The van der Waals surface area contributed by atoms with Crippen LogP contribution in [0, 0.1) is 0 Å². The summed E-state index contributed by atoms with van der Waals surface area (Å²) in [6, 6.07) is 20.9. The van der Waals surface area contributed by atoms with E-state index in [0.29, 0.717) is 47.8 Å². The Hall–Kier alpha value is -5.47. The predicted molar refractivity (Wildman–Crippen MR) is 199 cm³/mol. The van der Waals surface area contributed by atoms with E-state index in [1.807, 2.05) is 12.1 Å². The Kier molecular flexibility index (Phi) is 12.4. The van der Waals surface area contributed by atoms with Gasteiger partial charge in [-0.1, -0.05) is 24.3 Å². The number of benzene rings is 3. The SMILES string of the molecule is CN(CCN1CCOCC1)C(=O)c1cccc(C(=O)Nc2ccc(N3CCCCC3)cc2-c2cc(C(=O)NCc3ccccc3OC(F)(F)F)ccn2)c1. The molecule has 2 saturated heterocycles. The summed E-state index contributed by atoms with van der Waals surface area (Å²) < 4.78 is 48.3. The summed E-state index contributed by atoms with van der Waals surface area (Å²) in [7, 11) is 1.74. The van der Waals surface area contributed by atoms with E-state index in [1.54, 1.807) is 54.4 Å². The molecule has 0 atom stereocenters. The average Bonchev–Trinajstić information content (AvgIpc) is 3.19. The second-order valence-corrected chi connectivity index (χ2v) is 13.3. The highest BCUT2D eigenvalue weighted by atomic mass is 19.4. The molecule has 2 aliphatic rings. The van der Waals surface area contributed by atoms with Crippen LogP contribution < -0.4 is 20.3 Å². The predicted octanol–water partition coefficient (Wildman–Crippen LogP) is 6.22. The molecule has 3 amide bonds. The third-order valence-corrected chi connectivity index (χ3v) is 9.48.